The van der Waals surface area contributed by atoms with Crippen LogP contribution in [0.3, 0.4) is 0 Å². The topological polar surface area (TPSA) is 578 Å². The third-order valence-corrected chi connectivity index (χ3v) is 19.4. The Hall–Kier alpha value is -17.2. The van der Waals surface area contributed by atoms with E-state index >= 15 is 0 Å². The third kappa shape index (κ3) is 37.8. The van der Waals surface area contributed by atoms with Crippen molar-refractivity contribution in [1.29, 1.82) is 0 Å². The number of hydrogen-bond acceptors (Lipinski definition) is 32. The molecule has 0 amide bonds. The second kappa shape index (κ2) is 55.6. The van der Waals surface area contributed by atoms with E-state index in [-0.39, 0.29) is 6.15 Å². The summed E-state index contributed by atoms with van der Waals surface area (Å²) in [7, 11) is 8.05. The molecular formula is C103H122N30O2. The normalized spacial score (nSPS) is 10.9. The average molecular weight is 1810 g/mol. The molecule has 0 aliphatic carbocycles. The highest BCUT2D eigenvalue weighted by atomic mass is 16.2. The third-order valence-electron chi connectivity index (χ3n) is 19.4. The summed E-state index contributed by atoms with van der Waals surface area (Å²) >= 11 is 0. The van der Waals surface area contributed by atoms with Gasteiger partial charge in [0.1, 0.15) is 0 Å². The second-order valence-electron chi connectivity index (χ2n) is 30.7. The summed E-state index contributed by atoms with van der Waals surface area (Å²) in [5.74, 6) is 0. The van der Waals surface area contributed by atoms with Gasteiger partial charge in [0, 0.05) is 92.7 Å². The number of azo groups is 7. The summed E-state index contributed by atoms with van der Waals surface area (Å²) < 4.78 is 0. The number of aryl methyl sites for hydroxylation is 6. The first-order chi connectivity index (χ1) is 64.9. The van der Waals surface area contributed by atoms with Gasteiger partial charge in [-0.25, -0.2) is 0 Å². The van der Waals surface area contributed by atoms with Crippen molar-refractivity contribution in [3.8, 4) is 0 Å². The SMILES string of the molecule is CCc1cc(N)ccc1N=Nc1ccc(N)cc1.CCc1cc(N)ccc1N=Nc1ccc(N)cc1.CCc1cc(N)ccc1N=Nc1ccc(N)cc1.CCc1cc(N)ccc1N=Nc1ccc(N)cc1.CCc1cc(N)ccc1N=Nc1ccc(N)cc1.CCc1cc(N)ccc1N=Nc1ccc(N)cc1.CN(C)Cc1cc(N)ccc1N=Nc1ccc(N)cc1CN(C)C.O=C=O. The molecule has 0 atom stereocenters. The molecule has 0 fully saturated rings. The molecule has 0 aliphatic rings. The zero-order valence-corrected chi connectivity index (χ0v) is 77.9. The van der Waals surface area contributed by atoms with E-state index in [0.717, 1.165) is 255 Å². The van der Waals surface area contributed by atoms with Gasteiger partial charge in [-0.2, -0.15) is 81.2 Å². The number of nitrogens with two attached hydrogens (primary N) is 14. The lowest BCUT2D eigenvalue weighted by Crippen LogP contribution is -2.11. The summed E-state index contributed by atoms with van der Waals surface area (Å²) in [4.78, 5) is 20.4. The number of nitrogen functional groups attached to an aromatic ring is 14. The van der Waals surface area contributed by atoms with Crippen LogP contribution in [0.2, 0.25) is 0 Å². The Kier molecular flexibility index (Phi) is 43.2. The van der Waals surface area contributed by atoms with E-state index in [1.807, 2.05) is 247 Å². The molecule has 0 spiro atoms. The molecule has 0 saturated heterocycles. The van der Waals surface area contributed by atoms with Crippen LogP contribution in [0.15, 0.2) is 363 Å². The highest BCUT2D eigenvalue weighted by Crippen LogP contribution is 2.35. The van der Waals surface area contributed by atoms with Crippen LogP contribution in [0.4, 0.5) is 159 Å². The smallest absolute Gasteiger partial charge is 0.373 e. The maximum absolute atomic E-state index is 8.12. The van der Waals surface area contributed by atoms with Gasteiger partial charge in [0.2, 0.25) is 0 Å². The summed E-state index contributed by atoms with van der Waals surface area (Å²) in [5.41, 5.74) is 110. The van der Waals surface area contributed by atoms with Crippen LogP contribution in [0, 0.1) is 0 Å². The Balaban J connectivity index is 0.000000214. The molecule has 0 aromatic heterocycles. The van der Waals surface area contributed by atoms with Crippen LogP contribution < -0.4 is 80.3 Å². The molecule has 696 valence electrons. The number of benzene rings is 14. The van der Waals surface area contributed by atoms with E-state index in [2.05, 4.69) is 123 Å². The fraction of sp³-hybridized carbons (Fsp3) is 0.175. The van der Waals surface area contributed by atoms with Gasteiger partial charge in [0.15, 0.2) is 0 Å². The quantitative estimate of drug-likeness (QED) is 0.0197. The second-order valence-corrected chi connectivity index (χ2v) is 30.7. The first-order valence-corrected chi connectivity index (χ1v) is 43.3. The van der Waals surface area contributed by atoms with Crippen LogP contribution in [0.5, 0.6) is 0 Å². The molecule has 0 bridgehead atoms. The molecule has 14 rings (SSSR count). The monoisotopic (exact) mass is 1810 g/mol. The van der Waals surface area contributed by atoms with Crippen LogP contribution in [0.25, 0.3) is 0 Å². The van der Waals surface area contributed by atoms with Crippen molar-refractivity contribution < 1.29 is 9.59 Å². The minimum Gasteiger partial charge on any atom is -0.399 e. The van der Waals surface area contributed by atoms with Crippen molar-refractivity contribution >= 4 is 165 Å². The Bertz CT molecular complexity index is 5440. The van der Waals surface area contributed by atoms with Crippen molar-refractivity contribution in [2.75, 3.05) is 108 Å². The van der Waals surface area contributed by atoms with Gasteiger partial charge in [-0.05, 0) is 402 Å². The Morgan fingerprint density at radius 1 is 0.178 bits per heavy atom. The highest BCUT2D eigenvalue weighted by molar-refractivity contribution is 5.64. The van der Waals surface area contributed by atoms with E-state index in [4.69, 9.17) is 89.9 Å². The summed E-state index contributed by atoms with van der Waals surface area (Å²) in [6, 6.07) is 88.9. The molecule has 32 heteroatoms. The molecule has 0 unspecified atom stereocenters. The minimum absolute atomic E-state index is 0.250. The number of hydrogen-bond donors (Lipinski definition) is 14. The molecule has 0 heterocycles. The maximum Gasteiger partial charge on any atom is 0.373 e. The molecule has 0 saturated carbocycles. The molecular weight excluding hydrogens is 1690 g/mol. The molecule has 32 nitrogen and oxygen atoms in total. The molecule has 0 radical (unpaired) electrons. The van der Waals surface area contributed by atoms with Crippen molar-refractivity contribution in [3.05, 3.63) is 336 Å². The zero-order valence-electron chi connectivity index (χ0n) is 77.9. The highest BCUT2D eigenvalue weighted by Gasteiger charge is 2.11. The average Bonchev–Trinajstić information content (AvgIpc) is 0.838. The van der Waals surface area contributed by atoms with Gasteiger partial charge < -0.3 is 90.1 Å². The largest absolute Gasteiger partial charge is 0.399 e. The first-order valence-electron chi connectivity index (χ1n) is 43.3. The van der Waals surface area contributed by atoms with Crippen LogP contribution in [-0.4, -0.2) is 44.1 Å². The standard InChI is InChI=1S/C18H26N6.6C14H16N4.CO2/c1-23(2)11-13-9-15(19)5-7-17(13)21-22-18-8-6-16(20)10-14(18)12-24(3)4;6*1-2-10-9-12(16)5-8-14(10)18-17-13-6-3-11(15)4-7-13;2-1-3/h5-10H,11-12,19-20H2,1-4H3;6*3-9H,2,15-16H2,1H3;. The van der Waals surface area contributed by atoms with Crippen molar-refractivity contribution in [2.24, 2.45) is 71.6 Å². The lowest BCUT2D eigenvalue weighted by Gasteiger charge is -2.13. The number of nitrogens with zero attached hydrogens (tertiary/aromatic N) is 16. The predicted octanol–water partition coefficient (Wildman–Crippen LogP) is 25.8. The van der Waals surface area contributed by atoms with Crippen molar-refractivity contribution in [1.82, 2.24) is 9.80 Å². The lowest BCUT2D eigenvalue weighted by atomic mass is 10.1. The molecule has 14 aromatic rings. The van der Waals surface area contributed by atoms with Gasteiger partial charge in [0.25, 0.3) is 0 Å². The van der Waals surface area contributed by atoms with Gasteiger partial charge in [0.05, 0.1) is 79.6 Å². The summed E-state index contributed by atoms with van der Waals surface area (Å²) in [6.45, 7) is 13.9. The van der Waals surface area contributed by atoms with Gasteiger partial charge in [-0.15, -0.1) is 0 Å². The number of carbonyl (C=O) groups excluding carboxylic acids is 2. The van der Waals surface area contributed by atoms with Gasteiger partial charge >= 0.3 is 6.15 Å². The van der Waals surface area contributed by atoms with Crippen LogP contribution in [0.1, 0.15) is 86.1 Å². The number of rotatable bonds is 24. The van der Waals surface area contributed by atoms with Crippen LogP contribution in [-0.2, 0) is 61.2 Å². The van der Waals surface area contributed by atoms with E-state index in [0.29, 0.717) is 0 Å². The summed E-state index contributed by atoms with van der Waals surface area (Å²) in [5, 5.41) is 59.5. The minimum atomic E-state index is 0.250. The predicted molar refractivity (Wildman–Crippen MR) is 557 cm³/mol. The van der Waals surface area contributed by atoms with E-state index in [9.17, 15) is 0 Å². The van der Waals surface area contributed by atoms with E-state index in [1.54, 1.807) is 72.8 Å². The van der Waals surface area contributed by atoms with E-state index in [1.165, 1.54) is 0 Å². The van der Waals surface area contributed by atoms with Crippen molar-refractivity contribution in [2.45, 2.75) is 93.2 Å². The van der Waals surface area contributed by atoms with Gasteiger partial charge in [-0.3, -0.25) is 0 Å². The molecule has 28 N–H and O–H groups in total. The van der Waals surface area contributed by atoms with E-state index < -0.39 is 0 Å². The molecule has 135 heavy (non-hydrogen) atoms. The first kappa shape index (κ1) is 105. The van der Waals surface area contributed by atoms with Crippen molar-refractivity contribution in [3.63, 3.8) is 0 Å². The zero-order chi connectivity index (χ0) is 98.1. The summed E-state index contributed by atoms with van der Waals surface area (Å²) in [6.07, 6.45) is 5.51. The fourth-order valence-electron chi connectivity index (χ4n) is 12.3. The Labute approximate surface area is 789 Å². The number of anilines is 14. The van der Waals surface area contributed by atoms with Crippen LogP contribution >= 0.6 is 0 Å². The maximum atomic E-state index is 8.12. The fourth-order valence-corrected chi connectivity index (χ4v) is 12.3. The molecule has 14 aromatic carbocycles. The Morgan fingerprint density at radius 3 is 0.415 bits per heavy atom. The molecule has 0 aliphatic heterocycles. The lowest BCUT2D eigenvalue weighted by molar-refractivity contribution is -0.191. The van der Waals surface area contributed by atoms with Gasteiger partial charge in [-0.1, -0.05) is 41.5 Å². The Morgan fingerprint density at radius 2 is 0.289 bits per heavy atom.